The number of hydrogen-bond acceptors (Lipinski definition) is 7. The normalized spacial score (nSPS) is 11.4. The summed E-state index contributed by atoms with van der Waals surface area (Å²) in [6.07, 6.45) is 1.66. The molecule has 0 fully saturated rings. The molecule has 0 aliphatic heterocycles. The quantitative estimate of drug-likeness (QED) is 0.228. The van der Waals surface area contributed by atoms with Crippen molar-refractivity contribution in [2.24, 2.45) is 5.10 Å². The van der Waals surface area contributed by atoms with Gasteiger partial charge in [-0.05, 0) is 74.5 Å². The second-order valence-corrected chi connectivity index (χ2v) is 9.40. The van der Waals surface area contributed by atoms with E-state index < -0.39 is 0 Å². The van der Waals surface area contributed by atoms with Crippen LogP contribution in [-0.2, 0) is 0 Å². The summed E-state index contributed by atoms with van der Waals surface area (Å²) in [7, 11) is 1.60. The van der Waals surface area contributed by atoms with Crippen molar-refractivity contribution in [1.29, 1.82) is 5.26 Å². The average Bonchev–Trinajstić information content (AvgIpc) is 3.55. The molecule has 0 aliphatic carbocycles. The number of hydrogen-bond donors (Lipinski definition) is 0. The van der Waals surface area contributed by atoms with Crippen LogP contribution in [0.4, 0.5) is 0 Å². The van der Waals surface area contributed by atoms with E-state index in [1.54, 1.807) is 31.5 Å². The fraction of sp³-hybridized carbons (Fsp3) is 0.125. The van der Waals surface area contributed by atoms with Gasteiger partial charge < -0.3 is 18.5 Å². The summed E-state index contributed by atoms with van der Waals surface area (Å²) in [4.78, 5) is 18.4. The first-order valence-electron chi connectivity index (χ1n) is 12.9. The highest BCUT2D eigenvalue weighted by molar-refractivity contribution is 5.89. The van der Waals surface area contributed by atoms with E-state index in [0.29, 0.717) is 33.7 Å². The minimum absolute atomic E-state index is 0.00586. The Balaban J connectivity index is 1.45. The van der Waals surface area contributed by atoms with Crippen molar-refractivity contribution in [3.63, 3.8) is 0 Å². The van der Waals surface area contributed by atoms with E-state index in [9.17, 15) is 4.79 Å². The number of rotatable bonds is 7. The number of nitriles is 1. The van der Waals surface area contributed by atoms with Gasteiger partial charge in [-0.2, -0.15) is 15.0 Å². The molecule has 0 amide bonds. The first kappa shape index (κ1) is 25.6. The number of furan rings is 1. The molecule has 0 unspecified atom stereocenters. The summed E-state index contributed by atoms with van der Waals surface area (Å²) in [5.41, 5.74) is 4.56. The number of methoxy groups -OCH3 is 1. The highest BCUT2D eigenvalue weighted by atomic mass is 16.5. The molecule has 0 aliphatic rings. The molecule has 9 nitrogen and oxygen atoms in total. The topological polar surface area (TPSA) is 108 Å². The third kappa shape index (κ3) is 4.61. The second kappa shape index (κ2) is 10.5. The minimum atomic E-state index is -0.309. The molecule has 3 heterocycles. The van der Waals surface area contributed by atoms with Gasteiger partial charge in [0, 0.05) is 22.6 Å². The van der Waals surface area contributed by atoms with Crippen molar-refractivity contribution in [2.45, 2.75) is 13.8 Å². The van der Waals surface area contributed by atoms with Crippen LogP contribution in [0.5, 0.6) is 11.5 Å². The van der Waals surface area contributed by atoms with Gasteiger partial charge in [0.25, 0.3) is 5.56 Å². The monoisotopic (exact) mass is 543 g/mol. The van der Waals surface area contributed by atoms with E-state index in [4.69, 9.17) is 24.1 Å². The Morgan fingerprint density at radius 3 is 2.61 bits per heavy atom. The second-order valence-electron chi connectivity index (χ2n) is 9.40. The maximum absolute atomic E-state index is 13.7. The molecule has 0 spiro atoms. The Morgan fingerprint density at radius 2 is 1.83 bits per heavy atom. The summed E-state index contributed by atoms with van der Waals surface area (Å²) in [5.74, 6) is 1.96. The zero-order valence-electron chi connectivity index (χ0n) is 22.7. The zero-order valence-corrected chi connectivity index (χ0v) is 22.7. The number of nitrogens with zero attached hydrogens (tertiary/aromatic N) is 5. The number of aromatic nitrogens is 3. The number of fused-ring (bicyclic) bond motifs is 2. The minimum Gasteiger partial charge on any atom is -0.496 e. The summed E-state index contributed by atoms with van der Waals surface area (Å²) in [6, 6.07) is 26.0. The maximum Gasteiger partial charge on any atom is 0.282 e. The van der Waals surface area contributed by atoms with Gasteiger partial charge in [0.1, 0.15) is 23.2 Å². The standard InChI is InChI=1S/C32H25N5O4/c1-20-17-22(21(2)36(20)23-11-13-24(14-12-23)40-16-15-33)19-34-37-31(35-27-8-5-4-7-25(27)32(37)38)30-18-26-28(39-3)9-6-10-29(26)41-30/h4-14,17-19H,16H2,1-3H3. The van der Waals surface area contributed by atoms with Crippen molar-refractivity contribution in [2.75, 3.05) is 13.7 Å². The van der Waals surface area contributed by atoms with Gasteiger partial charge in [-0.25, -0.2) is 4.98 Å². The van der Waals surface area contributed by atoms with Crippen LogP contribution in [0.1, 0.15) is 17.0 Å². The predicted octanol–water partition coefficient (Wildman–Crippen LogP) is 6.01. The Labute approximate surface area is 235 Å². The first-order valence-corrected chi connectivity index (χ1v) is 12.9. The van der Waals surface area contributed by atoms with Gasteiger partial charge >= 0.3 is 0 Å². The third-order valence-electron chi connectivity index (χ3n) is 6.90. The third-order valence-corrected chi connectivity index (χ3v) is 6.90. The molecule has 6 aromatic rings. The van der Waals surface area contributed by atoms with E-state index in [0.717, 1.165) is 28.0 Å². The molecule has 0 atom stereocenters. The molecule has 41 heavy (non-hydrogen) atoms. The lowest BCUT2D eigenvalue weighted by atomic mass is 10.2. The summed E-state index contributed by atoms with van der Waals surface area (Å²) in [6.45, 7) is 3.98. The molecule has 3 aromatic carbocycles. The smallest absolute Gasteiger partial charge is 0.282 e. The number of benzene rings is 3. The van der Waals surface area contributed by atoms with Gasteiger partial charge in [0.15, 0.2) is 12.4 Å². The van der Waals surface area contributed by atoms with Crippen LogP contribution >= 0.6 is 0 Å². The van der Waals surface area contributed by atoms with E-state index >= 15 is 0 Å². The van der Waals surface area contributed by atoms with Gasteiger partial charge in [-0.1, -0.05) is 18.2 Å². The van der Waals surface area contributed by atoms with E-state index in [1.165, 1.54) is 4.68 Å². The van der Waals surface area contributed by atoms with Crippen LogP contribution in [0.2, 0.25) is 0 Å². The van der Waals surface area contributed by atoms with Crippen LogP contribution in [0.3, 0.4) is 0 Å². The molecule has 0 bridgehead atoms. The van der Waals surface area contributed by atoms with Crippen LogP contribution in [0, 0.1) is 25.2 Å². The largest absolute Gasteiger partial charge is 0.496 e. The Hall–Kier alpha value is -5.62. The van der Waals surface area contributed by atoms with Gasteiger partial charge in [0.2, 0.25) is 5.82 Å². The molecular formula is C32H25N5O4. The first-order chi connectivity index (χ1) is 20.0. The summed E-state index contributed by atoms with van der Waals surface area (Å²) >= 11 is 0. The van der Waals surface area contributed by atoms with Crippen LogP contribution in [0.15, 0.2) is 93.2 Å². The maximum atomic E-state index is 13.7. The SMILES string of the molecule is COc1cccc2oc(-c3nc4ccccc4c(=O)n3N=Cc3cc(C)n(-c4ccc(OCC#N)cc4)c3C)cc12. The zero-order chi connectivity index (χ0) is 28.5. The molecular weight excluding hydrogens is 518 g/mol. The lowest BCUT2D eigenvalue weighted by Crippen LogP contribution is -2.20. The predicted molar refractivity (Wildman–Crippen MR) is 157 cm³/mol. The highest BCUT2D eigenvalue weighted by Crippen LogP contribution is 2.33. The van der Waals surface area contributed by atoms with E-state index in [2.05, 4.69) is 9.67 Å². The van der Waals surface area contributed by atoms with Gasteiger partial charge in [0.05, 0.1) is 29.6 Å². The van der Waals surface area contributed by atoms with Crippen molar-refractivity contribution in [3.05, 3.63) is 106 Å². The molecule has 9 heteroatoms. The van der Waals surface area contributed by atoms with E-state index in [-0.39, 0.29) is 18.0 Å². The lowest BCUT2D eigenvalue weighted by Gasteiger charge is -2.10. The van der Waals surface area contributed by atoms with Crippen LogP contribution < -0.4 is 15.0 Å². The van der Waals surface area contributed by atoms with E-state index in [1.807, 2.05) is 80.6 Å². The van der Waals surface area contributed by atoms with Crippen molar-refractivity contribution < 1.29 is 13.9 Å². The summed E-state index contributed by atoms with van der Waals surface area (Å²) in [5, 5.41) is 14.6. The van der Waals surface area contributed by atoms with Crippen molar-refractivity contribution >= 4 is 28.1 Å². The van der Waals surface area contributed by atoms with Crippen molar-refractivity contribution in [1.82, 2.24) is 14.2 Å². The fourth-order valence-corrected chi connectivity index (χ4v) is 4.96. The molecule has 0 saturated heterocycles. The number of aryl methyl sites for hydroxylation is 1. The fourth-order valence-electron chi connectivity index (χ4n) is 4.96. The molecule has 0 radical (unpaired) electrons. The molecule has 0 saturated carbocycles. The number of para-hydroxylation sites is 1. The molecule has 3 aromatic heterocycles. The Morgan fingerprint density at radius 1 is 1.02 bits per heavy atom. The molecule has 202 valence electrons. The Kier molecular flexibility index (Phi) is 6.57. The van der Waals surface area contributed by atoms with Crippen LogP contribution in [-0.4, -0.2) is 34.2 Å². The Bertz CT molecular complexity index is 2040. The highest BCUT2D eigenvalue weighted by Gasteiger charge is 2.18. The summed E-state index contributed by atoms with van der Waals surface area (Å²) < 4.78 is 20.4. The lowest BCUT2D eigenvalue weighted by molar-refractivity contribution is 0.368. The average molecular weight is 544 g/mol. The van der Waals surface area contributed by atoms with Gasteiger partial charge in [-0.3, -0.25) is 4.79 Å². The van der Waals surface area contributed by atoms with Crippen molar-refractivity contribution in [3.8, 4) is 34.8 Å². The number of ether oxygens (including phenoxy) is 2. The van der Waals surface area contributed by atoms with Crippen LogP contribution in [0.25, 0.3) is 39.1 Å². The molecule has 0 N–H and O–H groups in total. The van der Waals surface area contributed by atoms with Gasteiger partial charge in [-0.15, -0.1) is 0 Å². The molecule has 6 rings (SSSR count).